The second kappa shape index (κ2) is 12.0. The number of benzene rings is 2. The summed E-state index contributed by atoms with van der Waals surface area (Å²) >= 11 is 0. The van der Waals surface area contributed by atoms with Crippen LogP contribution in [0.1, 0.15) is 69.9 Å². The molecule has 4 rings (SSSR count). The average Bonchev–Trinajstić information content (AvgIpc) is 3.56. The zero-order valence-electron chi connectivity index (χ0n) is 22.1. The van der Waals surface area contributed by atoms with Gasteiger partial charge in [0.1, 0.15) is 12.2 Å². The number of carbonyl (C=O) groups excluding carboxylic acids is 1. The number of aryl methyl sites for hydroxylation is 1. The van der Waals surface area contributed by atoms with E-state index in [1.54, 1.807) is 4.90 Å². The lowest BCUT2D eigenvalue weighted by molar-refractivity contribution is 0.0291. The number of likely N-dealkylation sites (tertiary alicyclic amines) is 1. The highest BCUT2D eigenvalue weighted by atomic mass is 16.6. The first kappa shape index (κ1) is 26.4. The topological polar surface area (TPSA) is 90.1 Å². The maximum atomic E-state index is 12.3. The van der Waals surface area contributed by atoms with E-state index in [2.05, 4.69) is 39.6 Å². The minimum Gasteiger partial charge on any atom is -0.444 e. The number of carbonyl (C=O) groups is 1. The monoisotopic (exact) mass is 504 g/mol. The highest BCUT2D eigenvalue weighted by Gasteiger charge is 2.33. The van der Waals surface area contributed by atoms with Crippen LogP contribution in [0.15, 0.2) is 64.3 Å². The molecule has 0 aliphatic carbocycles. The lowest BCUT2D eigenvalue weighted by atomic mass is 10.1. The molecule has 37 heavy (non-hydrogen) atoms. The molecule has 1 aromatic heterocycles. The van der Waals surface area contributed by atoms with E-state index in [4.69, 9.17) is 14.1 Å². The summed E-state index contributed by atoms with van der Waals surface area (Å²) in [7, 11) is 0. The van der Waals surface area contributed by atoms with Crippen molar-refractivity contribution in [2.45, 2.75) is 64.9 Å². The Morgan fingerprint density at radius 1 is 1.11 bits per heavy atom. The highest BCUT2D eigenvalue weighted by Crippen LogP contribution is 2.29. The Kier molecular flexibility index (Phi) is 8.58. The first-order valence-corrected chi connectivity index (χ1v) is 12.9. The Labute approximate surface area is 218 Å². The van der Waals surface area contributed by atoms with Gasteiger partial charge < -0.3 is 19.0 Å². The number of oxime groups is 1. The molecule has 1 saturated heterocycles. The molecular formula is C29H36N4O4. The van der Waals surface area contributed by atoms with E-state index in [-0.39, 0.29) is 12.0 Å². The van der Waals surface area contributed by atoms with Crippen LogP contribution in [0, 0.1) is 0 Å². The van der Waals surface area contributed by atoms with E-state index in [1.807, 2.05) is 58.0 Å². The van der Waals surface area contributed by atoms with Crippen molar-refractivity contribution in [2.75, 3.05) is 19.7 Å². The maximum absolute atomic E-state index is 12.3. The van der Waals surface area contributed by atoms with Crippen LogP contribution in [-0.4, -0.2) is 52.1 Å². The van der Waals surface area contributed by atoms with Crippen LogP contribution in [0.25, 0.3) is 11.4 Å². The van der Waals surface area contributed by atoms with E-state index >= 15 is 0 Å². The Bertz CT molecular complexity index is 1180. The van der Waals surface area contributed by atoms with Gasteiger partial charge in [0.15, 0.2) is 0 Å². The van der Waals surface area contributed by atoms with Gasteiger partial charge >= 0.3 is 6.09 Å². The maximum Gasteiger partial charge on any atom is 0.410 e. The van der Waals surface area contributed by atoms with Gasteiger partial charge in [-0.2, -0.15) is 4.98 Å². The predicted octanol–water partition coefficient (Wildman–Crippen LogP) is 6.22. The molecule has 196 valence electrons. The van der Waals surface area contributed by atoms with E-state index in [1.165, 1.54) is 5.56 Å². The first-order valence-electron chi connectivity index (χ1n) is 12.9. The van der Waals surface area contributed by atoms with E-state index in [0.29, 0.717) is 31.4 Å². The normalized spacial score (nSPS) is 16.2. The third kappa shape index (κ3) is 7.65. The smallest absolute Gasteiger partial charge is 0.410 e. The van der Waals surface area contributed by atoms with Crippen molar-refractivity contribution in [3.05, 3.63) is 71.6 Å². The summed E-state index contributed by atoms with van der Waals surface area (Å²) in [6.45, 7) is 9.24. The van der Waals surface area contributed by atoms with Gasteiger partial charge in [-0.15, -0.1) is 0 Å². The molecule has 0 N–H and O–H groups in total. The van der Waals surface area contributed by atoms with Crippen LogP contribution in [0.3, 0.4) is 0 Å². The van der Waals surface area contributed by atoms with Crippen molar-refractivity contribution in [3.8, 4) is 11.4 Å². The molecule has 1 aliphatic heterocycles. The number of aromatic nitrogens is 2. The molecule has 0 radical (unpaired) electrons. The van der Waals surface area contributed by atoms with Gasteiger partial charge in [-0.05, 0) is 64.5 Å². The number of rotatable bonds is 9. The molecular weight excluding hydrogens is 468 g/mol. The van der Waals surface area contributed by atoms with Gasteiger partial charge in [-0.1, -0.05) is 64.9 Å². The minimum atomic E-state index is -0.517. The number of nitrogens with zero attached hydrogens (tertiary/aromatic N) is 4. The predicted molar refractivity (Wildman–Crippen MR) is 142 cm³/mol. The SMILES string of the molecule is C/C(=N\OCCCCc1ccccc1)c1ccc(-c2noc([C@@H]3CCN(C(=O)OC(C)(C)C)C3)n2)cc1. The lowest BCUT2D eigenvalue weighted by Gasteiger charge is -2.24. The lowest BCUT2D eigenvalue weighted by Crippen LogP contribution is -2.35. The Morgan fingerprint density at radius 3 is 2.59 bits per heavy atom. The molecule has 1 aliphatic rings. The van der Waals surface area contributed by atoms with Crippen molar-refractivity contribution >= 4 is 11.8 Å². The second-order valence-corrected chi connectivity index (χ2v) is 10.4. The Balaban J connectivity index is 1.25. The van der Waals surface area contributed by atoms with Crippen molar-refractivity contribution in [3.63, 3.8) is 0 Å². The highest BCUT2D eigenvalue weighted by molar-refractivity contribution is 5.98. The van der Waals surface area contributed by atoms with Gasteiger partial charge in [0, 0.05) is 18.7 Å². The van der Waals surface area contributed by atoms with Crippen molar-refractivity contribution in [1.82, 2.24) is 15.0 Å². The molecule has 8 nitrogen and oxygen atoms in total. The summed E-state index contributed by atoms with van der Waals surface area (Å²) in [6.07, 6.45) is 3.54. The standard InChI is InChI=1S/C29H36N4O4/c1-21(31-35-19-9-8-12-22-10-6-5-7-11-22)23-13-15-24(16-14-23)26-30-27(37-32-26)25-17-18-33(20-25)28(34)36-29(2,3)4/h5-7,10-11,13-16,25H,8-9,12,17-20H2,1-4H3/b31-21+/t25-/m1/s1. The van der Waals surface area contributed by atoms with Gasteiger partial charge in [0.05, 0.1) is 11.6 Å². The molecule has 0 spiro atoms. The van der Waals surface area contributed by atoms with Crippen LogP contribution >= 0.6 is 0 Å². The van der Waals surface area contributed by atoms with Crippen LogP contribution in [-0.2, 0) is 16.0 Å². The number of unbranched alkanes of at least 4 members (excludes halogenated alkanes) is 1. The Hall–Kier alpha value is -3.68. The van der Waals surface area contributed by atoms with Crippen molar-refractivity contribution in [1.29, 1.82) is 0 Å². The molecule has 3 aromatic rings. The molecule has 2 heterocycles. The number of ether oxygens (including phenoxy) is 1. The van der Waals surface area contributed by atoms with Gasteiger partial charge in [-0.3, -0.25) is 0 Å². The van der Waals surface area contributed by atoms with Crippen molar-refractivity contribution < 1.29 is 18.9 Å². The fourth-order valence-corrected chi connectivity index (χ4v) is 4.17. The summed E-state index contributed by atoms with van der Waals surface area (Å²) < 4.78 is 11.0. The zero-order chi connectivity index (χ0) is 26.3. The van der Waals surface area contributed by atoms with E-state index in [0.717, 1.165) is 42.5 Å². The zero-order valence-corrected chi connectivity index (χ0v) is 22.1. The molecule has 0 saturated carbocycles. The van der Waals surface area contributed by atoms with Gasteiger partial charge in [0.25, 0.3) is 0 Å². The fraction of sp³-hybridized carbons (Fsp3) is 0.448. The largest absolute Gasteiger partial charge is 0.444 e. The third-order valence-electron chi connectivity index (χ3n) is 6.19. The number of hydrogen-bond donors (Lipinski definition) is 0. The fourth-order valence-electron chi connectivity index (χ4n) is 4.17. The van der Waals surface area contributed by atoms with Crippen LogP contribution in [0.5, 0.6) is 0 Å². The minimum absolute atomic E-state index is 0.00672. The van der Waals surface area contributed by atoms with Crippen LogP contribution in [0.2, 0.25) is 0 Å². The van der Waals surface area contributed by atoms with E-state index in [9.17, 15) is 4.79 Å². The molecule has 0 unspecified atom stereocenters. The summed E-state index contributed by atoms with van der Waals surface area (Å²) in [5.74, 6) is 1.08. The molecule has 8 heteroatoms. The number of amides is 1. The summed E-state index contributed by atoms with van der Waals surface area (Å²) in [4.78, 5) is 24.2. The van der Waals surface area contributed by atoms with Gasteiger partial charge in [0.2, 0.25) is 11.7 Å². The molecule has 0 bridgehead atoms. The van der Waals surface area contributed by atoms with Crippen LogP contribution in [0.4, 0.5) is 4.79 Å². The second-order valence-electron chi connectivity index (χ2n) is 10.4. The van der Waals surface area contributed by atoms with Crippen molar-refractivity contribution in [2.24, 2.45) is 5.16 Å². The van der Waals surface area contributed by atoms with E-state index < -0.39 is 5.60 Å². The summed E-state index contributed by atoms with van der Waals surface area (Å²) in [5.41, 5.74) is 3.48. The van der Waals surface area contributed by atoms with Crippen LogP contribution < -0.4 is 0 Å². The molecule has 1 amide bonds. The molecule has 2 aromatic carbocycles. The number of hydrogen-bond acceptors (Lipinski definition) is 7. The quantitative estimate of drug-likeness (QED) is 0.195. The summed E-state index contributed by atoms with van der Waals surface area (Å²) in [5, 5.41) is 8.42. The molecule has 1 fully saturated rings. The molecule has 1 atom stereocenters. The average molecular weight is 505 g/mol. The Morgan fingerprint density at radius 2 is 1.86 bits per heavy atom. The third-order valence-corrected chi connectivity index (χ3v) is 6.19. The first-order chi connectivity index (χ1) is 17.8. The summed E-state index contributed by atoms with van der Waals surface area (Å²) in [6, 6.07) is 18.3. The van der Waals surface area contributed by atoms with Gasteiger partial charge in [-0.25, -0.2) is 4.79 Å².